The van der Waals surface area contributed by atoms with Gasteiger partial charge in [-0.1, -0.05) is 28.1 Å². The molecule has 0 radical (unpaired) electrons. The Bertz CT molecular complexity index is 667. The summed E-state index contributed by atoms with van der Waals surface area (Å²) in [5, 5.41) is 4.40. The molecule has 1 aromatic carbocycles. The van der Waals surface area contributed by atoms with Gasteiger partial charge in [-0.05, 0) is 17.7 Å². The number of aromatic nitrogens is 2. The third-order valence-corrected chi connectivity index (χ3v) is 3.50. The highest BCUT2D eigenvalue weighted by Gasteiger charge is 2.24. The smallest absolute Gasteiger partial charge is 0.345 e. The molecule has 2 rings (SSSR count). The Morgan fingerprint density at radius 1 is 1.48 bits per heavy atom. The van der Waals surface area contributed by atoms with Crippen molar-refractivity contribution in [3.05, 3.63) is 39.9 Å². The fourth-order valence-corrected chi connectivity index (χ4v) is 2.45. The standard InChI is InChI=1S/C14H17BrN4O2/c1-18(2)13-11(14(20)21-3)12(16)19(17-13)8-9-5-4-6-10(15)7-9/h4-7H,8,16H2,1-3H3. The van der Waals surface area contributed by atoms with Crippen molar-refractivity contribution < 1.29 is 9.53 Å². The van der Waals surface area contributed by atoms with E-state index in [1.165, 1.54) is 7.11 Å². The molecular weight excluding hydrogens is 336 g/mol. The van der Waals surface area contributed by atoms with E-state index in [0.717, 1.165) is 10.0 Å². The molecule has 0 aliphatic heterocycles. The number of carbonyl (C=O) groups excluding carboxylic acids is 1. The summed E-state index contributed by atoms with van der Waals surface area (Å²) in [6.45, 7) is 0.475. The summed E-state index contributed by atoms with van der Waals surface area (Å²) in [5.41, 5.74) is 7.38. The first kappa shape index (κ1) is 15.4. The summed E-state index contributed by atoms with van der Waals surface area (Å²) in [6, 6.07) is 7.83. The molecule has 0 amide bonds. The normalized spacial score (nSPS) is 10.5. The van der Waals surface area contributed by atoms with Crippen molar-refractivity contribution in [1.29, 1.82) is 0 Å². The molecule has 0 aliphatic carbocycles. The zero-order chi connectivity index (χ0) is 15.6. The number of esters is 1. The molecule has 0 spiro atoms. The first-order valence-corrected chi connectivity index (χ1v) is 7.09. The van der Waals surface area contributed by atoms with E-state index in [4.69, 9.17) is 10.5 Å². The summed E-state index contributed by atoms with van der Waals surface area (Å²) in [4.78, 5) is 13.6. The number of benzene rings is 1. The Hall–Kier alpha value is -2.02. The van der Waals surface area contributed by atoms with Gasteiger partial charge in [0.25, 0.3) is 0 Å². The maximum absolute atomic E-state index is 11.9. The van der Waals surface area contributed by atoms with Crippen LogP contribution in [0.5, 0.6) is 0 Å². The van der Waals surface area contributed by atoms with Crippen molar-refractivity contribution >= 4 is 33.5 Å². The van der Waals surface area contributed by atoms with E-state index in [-0.39, 0.29) is 5.56 Å². The number of hydrogen-bond donors (Lipinski definition) is 1. The van der Waals surface area contributed by atoms with Crippen molar-refractivity contribution in [3.63, 3.8) is 0 Å². The summed E-state index contributed by atoms with van der Waals surface area (Å²) in [7, 11) is 4.93. The van der Waals surface area contributed by atoms with Crippen molar-refractivity contribution in [1.82, 2.24) is 9.78 Å². The molecule has 6 nitrogen and oxygen atoms in total. The first-order chi connectivity index (χ1) is 9.93. The lowest BCUT2D eigenvalue weighted by atomic mass is 10.2. The van der Waals surface area contributed by atoms with E-state index in [9.17, 15) is 4.79 Å². The lowest BCUT2D eigenvalue weighted by molar-refractivity contribution is 0.0602. The van der Waals surface area contributed by atoms with Crippen molar-refractivity contribution in [2.45, 2.75) is 6.54 Å². The van der Waals surface area contributed by atoms with Crippen molar-refractivity contribution in [3.8, 4) is 0 Å². The van der Waals surface area contributed by atoms with Crippen LogP contribution in [0.3, 0.4) is 0 Å². The largest absolute Gasteiger partial charge is 0.465 e. The molecule has 2 aromatic rings. The molecule has 21 heavy (non-hydrogen) atoms. The SMILES string of the molecule is COC(=O)c1c(N(C)C)nn(Cc2cccc(Br)c2)c1N. The number of methoxy groups -OCH3 is 1. The Morgan fingerprint density at radius 3 is 2.76 bits per heavy atom. The zero-order valence-electron chi connectivity index (χ0n) is 12.1. The topological polar surface area (TPSA) is 73.4 Å². The van der Waals surface area contributed by atoms with Crippen LogP contribution >= 0.6 is 15.9 Å². The van der Waals surface area contributed by atoms with E-state index in [2.05, 4.69) is 21.0 Å². The molecule has 0 unspecified atom stereocenters. The van der Waals surface area contributed by atoms with Gasteiger partial charge in [-0.3, -0.25) is 0 Å². The van der Waals surface area contributed by atoms with Crippen LogP contribution in [0.2, 0.25) is 0 Å². The highest BCUT2D eigenvalue weighted by atomic mass is 79.9. The highest BCUT2D eigenvalue weighted by Crippen LogP contribution is 2.25. The fraction of sp³-hybridized carbons (Fsp3) is 0.286. The van der Waals surface area contributed by atoms with Crippen LogP contribution in [0.4, 0.5) is 11.6 Å². The number of anilines is 2. The molecule has 0 saturated heterocycles. The maximum atomic E-state index is 11.9. The van der Waals surface area contributed by atoms with Crippen LogP contribution in [0.15, 0.2) is 28.7 Å². The molecule has 0 aliphatic rings. The number of rotatable bonds is 4. The van der Waals surface area contributed by atoms with Crippen LogP contribution in [-0.2, 0) is 11.3 Å². The second-order valence-electron chi connectivity index (χ2n) is 4.76. The van der Waals surface area contributed by atoms with Gasteiger partial charge in [-0.15, -0.1) is 0 Å². The molecule has 0 fully saturated rings. The number of carbonyl (C=O) groups is 1. The fourth-order valence-electron chi connectivity index (χ4n) is 2.00. The molecule has 112 valence electrons. The molecule has 2 N–H and O–H groups in total. The van der Waals surface area contributed by atoms with Gasteiger partial charge in [0.1, 0.15) is 11.4 Å². The van der Waals surface area contributed by atoms with E-state index in [1.54, 1.807) is 23.7 Å². The van der Waals surface area contributed by atoms with Gasteiger partial charge in [-0.2, -0.15) is 5.10 Å². The Balaban J connectivity index is 2.43. The van der Waals surface area contributed by atoms with Crippen LogP contribution < -0.4 is 10.6 Å². The minimum Gasteiger partial charge on any atom is -0.465 e. The van der Waals surface area contributed by atoms with Gasteiger partial charge in [-0.25, -0.2) is 9.48 Å². The monoisotopic (exact) mass is 352 g/mol. The maximum Gasteiger partial charge on any atom is 0.345 e. The summed E-state index contributed by atoms with van der Waals surface area (Å²) in [5.74, 6) is 0.302. The second-order valence-corrected chi connectivity index (χ2v) is 5.67. The Morgan fingerprint density at radius 2 is 2.19 bits per heavy atom. The van der Waals surface area contributed by atoms with Gasteiger partial charge < -0.3 is 15.4 Å². The van der Waals surface area contributed by atoms with E-state index in [0.29, 0.717) is 18.2 Å². The molecule has 1 heterocycles. The van der Waals surface area contributed by atoms with Gasteiger partial charge in [0.05, 0.1) is 13.7 Å². The van der Waals surface area contributed by atoms with Crippen LogP contribution in [0, 0.1) is 0 Å². The summed E-state index contributed by atoms with van der Waals surface area (Å²) >= 11 is 3.43. The molecule has 7 heteroatoms. The van der Waals surface area contributed by atoms with Crippen LogP contribution in [-0.4, -0.2) is 37.0 Å². The second kappa shape index (κ2) is 6.17. The molecule has 0 atom stereocenters. The molecule has 1 aromatic heterocycles. The van der Waals surface area contributed by atoms with E-state index >= 15 is 0 Å². The summed E-state index contributed by atoms with van der Waals surface area (Å²) in [6.07, 6.45) is 0. The van der Waals surface area contributed by atoms with Crippen molar-refractivity contribution in [2.24, 2.45) is 0 Å². The molecule has 0 saturated carbocycles. The van der Waals surface area contributed by atoms with Crippen LogP contribution in [0.25, 0.3) is 0 Å². The number of ether oxygens (including phenoxy) is 1. The average molecular weight is 353 g/mol. The van der Waals surface area contributed by atoms with Crippen molar-refractivity contribution in [2.75, 3.05) is 31.8 Å². The quantitative estimate of drug-likeness (QED) is 0.853. The first-order valence-electron chi connectivity index (χ1n) is 6.30. The third-order valence-electron chi connectivity index (χ3n) is 3.01. The van der Waals surface area contributed by atoms with Gasteiger partial charge >= 0.3 is 5.97 Å². The number of nitrogens with zero attached hydrogens (tertiary/aromatic N) is 3. The average Bonchev–Trinajstić information content (AvgIpc) is 2.76. The zero-order valence-corrected chi connectivity index (χ0v) is 13.7. The predicted octanol–water partition coefficient (Wildman–Crippen LogP) is 2.13. The van der Waals surface area contributed by atoms with Gasteiger partial charge in [0.2, 0.25) is 0 Å². The third kappa shape index (κ3) is 3.18. The molecular formula is C14H17BrN4O2. The Kier molecular flexibility index (Phi) is 4.52. The number of nitrogens with two attached hydrogens (primary N) is 1. The number of hydrogen-bond acceptors (Lipinski definition) is 5. The summed E-state index contributed by atoms with van der Waals surface area (Å²) < 4.78 is 7.36. The highest BCUT2D eigenvalue weighted by molar-refractivity contribution is 9.10. The lowest BCUT2D eigenvalue weighted by Gasteiger charge is -2.09. The number of halogens is 1. The predicted molar refractivity (Wildman–Crippen MR) is 85.5 cm³/mol. The van der Waals surface area contributed by atoms with E-state index in [1.807, 2.05) is 24.3 Å². The Labute approximate surface area is 131 Å². The van der Waals surface area contributed by atoms with E-state index < -0.39 is 5.97 Å². The minimum atomic E-state index is -0.489. The molecule has 0 bridgehead atoms. The minimum absolute atomic E-state index is 0.289. The van der Waals surface area contributed by atoms with Gasteiger partial charge in [0, 0.05) is 18.6 Å². The lowest BCUT2D eigenvalue weighted by Crippen LogP contribution is -2.14. The number of nitrogen functional groups attached to an aromatic ring is 1. The van der Waals surface area contributed by atoms with Gasteiger partial charge in [0.15, 0.2) is 5.82 Å². The van der Waals surface area contributed by atoms with Crippen LogP contribution in [0.1, 0.15) is 15.9 Å².